The summed E-state index contributed by atoms with van der Waals surface area (Å²) in [5.41, 5.74) is 1.36. The Balaban J connectivity index is 2.24. The van der Waals surface area contributed by atoms with E-state index in [1.54, 1.807) is 6.07 Å². The van der Waals surface area contributed by atoms with E-state index in [4.69, 9.17) is 0 Å². The number of carbonyl (C=O) groups excluding carboxylic acids is 1. The summed E-state index contributed by atoms with van der Waals surface area (Å²) in [5.74, 6) is -0.121. The molecule has 1 aromatic carbocycles. The van der Waals surface area contributed by atoms with Gasteiger partial charge in [-0.15, -0.1) is 0 Å². The molecule has 0 atom stereocenters. The van der Waals surface area contributed by atoms with E-state index in [-0.39, 0.29) is 16.7 Å². The Morgan fingerprint density at radius 1 is 1.37 bits per heavy atom. The van der Waals surface area contributed by atoms with Crippen LogP contribution in [0.15, 0.2) is 23.1 Å². The fourth-order valence-corrected chi connectivity index (χ4v) is 2.49. The van der Waals surface area contributed by atoms with Crippen LogP contribution in [0.2, 0.25) is 0 Å². The number of aryl methyl sites for hydroxylation is 1. The SMILES string of the molecule is CNS(=O)(=O)c1ccc(C)c(NC(=O)C2CNC2)c1. The summed E-state index contributed by atoms with van der Waals surface area (Å²) >= 11 is 0. The highest BCUT2D eigenvalue weighted by Crippen LogP contribution is 2.21. The number of rotatable bonds is 4. The standard InChI is InChI=1S/C12H17N3O3S/c1-8-3-4-10(19(17,18)13-2)5-11(8)15-12(16)9-6-14-7-9/h3-5,9,13-14H,6-7H2,1-2H3,(H,15,16). The van der Waals surface area contributed by atoms with Crippen molar-refractivity contribution in [1.29, 1.82) is 0 Å². The lowest BCUT2D eigenvalue weighted by molar-refractivity contribution is -0.121. The van der Waals surface area contributed by atoms with Crippen LogP contribution in [0.3, 0.4) is 0 Å². The second-order valence-electron chi connectivity index (χ2n) is 4.53. The van der Waals surface area contributed by atoms with Crippen molar-refractivity contribution in [2.24, 2.45) is 5.92 Å². The summed E-state index contributed by atoms with van der Waals surface area (Å²) in [6.45, 7) is 3.16. The maximum Gasteiger partial charge on any atom is 0.240 e. The van der Waals surface area contributed by atoms with Crippen molar-refractivity contribution in [3.8, 4) is 0 Å². The van der Waals surface area contributed by atoms with Gasteiger partial charge in [-0.1, -0.05) is 6.07 Å². The third kappa shape index (κ3) is 2.94. The predicted octanol–water partition coefficient (Wildman–Crippen LogP) is 0.0610. The molecular weight excluding hydrogens is 266 g/mol. The second kappa shape index (κ2) is 5.28. The monoisotopic (exact) mass is 283 g/mol. The minimum Gasteiger partial charge on any atom is -0.325 e. The molecule has 7 heteroatoms. The number of benzene rings is 1. The molecule has 1 amide bonds. The molecule has 0 aliphatic carbocycles. The van der Waals surface area contributed by atoms with E-state index in [1.807, 2.05) is 6.92 Å². The first-order chi connectivity index (χ1) is 8.94. The zero-order valence-corrected chi connectivity index (χ0v) is 11.7. The smallest absolute Gasteiger partial charge is 0.240 e. The summed E-state index contributed by atoms with van der Waals surface area (Å²) in [6, 6.07) is 4.67. The van der Waals surface area contributed by atoms with E-state index >= 15 is 0 Å². The molecule has 6 nitrogen and oxygen atoms in total. The number of sulfonamides is 1. The summed E-state index contributed by atoms with van der Waals surface area (Å²) in [7, 11) is -2.14. The fraction of sp³-hybridized carbons (Fsp3) is 0.417. The van der Waals surface area contributed by atoms with Gasteiger partial charge in [0.2, 0.25) is 15.9 Å². The summed E-state index contributed by atoms with van der Waals surface area (Å²) in [6.07, 6.45) is 0. The lowest BCUT2D eigenvalue weighted by atomic mass is 10.0. The molecule has 1 aromatic rings. The van der Waals surface area contributed by atoms with E-state index in [0.29, 0.717) is 18.8 Å². The molecule has 1 saturated heterocycles. The van der Waals surface area contributed by atoms with Gasteiger partial charge in [-0.05, 0) is 31.7 Å². The van der Waals surface area contributed by atoms with Crippen LogP contribution in [0.25, 0.3) is 0 Å². The highest BCUT2D eigenvalue weighted by molar-refractivity contribution is 7.89. The van der Waals surface area contributed by atoms with E-state index in [0.717, 1.165) is 5.56 Å². The normalized spacial score (nSPS) is 15.9. The van der Waals surface area contributed by atoms with Crippen molar-refractivity contribution < 1.29 is 13.2 Å². The van der Waals surface area contributed by atoms with E-state index in [9.17, 15) is 13.2 Å². The van der Waals surface area contributed by atoms with Gasteiger partial charge in [0, 0.05) is 18.8 Å². The molecule has 0 unspecified atom stereocenters. The van der Waals surface area contributed by atoms with Gasteiger partial charge >= 0.3 is 0 Å². The first-order valence-electron chi connectivity index (χ1n) is 6.00. The van der Waals surface area contributed by atoms with Gasteiger partial charge in [0.05, 0.1) is 10.8 Å². The second-order valence-corrected chi connectivity index (χ2v) is 6.42. The average molecular weight is 283 g/mol. The number of amides is 1. The third-order valence-electron chi connectivity index (χ3n) is 3.20. The highest BCUT2D eigenvalue weighted by Gasteiger charge is 2.25. The Morgan fingerprint density at radius 2 is 2.05 bits per heavy atom. The number of anilines is 1. The lowest BCUT2D eigenvalue weighted by Crippen LogP contribution is -2.48. The molecule has 1 fully saturated rings. The molecule has 0 saturated carbocycles. The number of carbonyl (C=O) groups is 1. The molecule has 0 spiro atoms. The largest absolute Gasteiger partial charge is 0.325 e. The Hall–Kier alpha value is -1.44. The maximum atomic E-state index is 11.9. The summed E-state index contributed by atoms with van der Waals surface area (Å²) in [5, 5.41) is 5.80. The first-order valence-corrected chi connectivity index (χ1v) is 7.48. The molecule has 3 N–H and O–H groups in total. The Bertz CT molecular complexity index is 594. The average Bonchev–Trinajstić information content (AvgIpc) is 2.29. The molecule has 104 valence electrons. The van der Waals surface area contributed by atoms with Crippen molar-refractivity contribution in [3.63, 3.8) is 0 Å². The Morgan fingerprint density at radius 3 is 2.58 bits per heavy atom. The highest BCUT2D eigenvalue weighted by atomic mass is 32.2. The molecule has 0 radical (unpaired) electrons. The molecule has 0 aromatic heterocycles. The van der Waals surface area contributed by atoms with Crippen LogP contribution in [0.1, 0.15) is 5.56 Å². The number of hydrogen-bond acceptors (Lipinski definition) is 4. The van der Waals surface area contributed by atoms with Gasteiger partial charge in [0.15, 0.2) is 0 Å². The van der Waals surface area contributed by atoms with Gasteiger partial charge in [0.25, 0.3) is 0 Å². The fourth-order valence-electron chi connectivity index (χ4n) is 1.73. The van der Waals surface area contributed by atoms with Crippen LogP contribution < -0.4 is 15.4 Å². The van der Waals surface area contributed by atoms with Gasteiger partial charge in [0.1, 0.15) is 0 Å². The summed E-state index contributed by atoms with van der Waals surface area (Å²) < 4.78 is 25.7. The molecule has 1 heterocycles. The van der Waals surface area contributed by atoms with Crippen LogP contribution >= 0.6 is 0 Å². The van der Waals surface area contributed by atoms with Crippen LogP contribution in [0, 0.1) is 12.8 Å². The van der Waals surface area contributed by atoms with Gasteiger partial charge in [-0.25, -0.2) is 13.1 Å². The van der Waals surface area contributed by atoms with E-state index < -0.39 is 10.0 Å². The molecule has 19 heavy (non-hydrogen) atoms. The quantitative estimate of drug-likeness (QED) is 0.729. The van der Waals surface area contributed by atoms with Crippen molar-refractivity contribution in [1.82, 2.24) is 10.0 Å². The Labute approximate surface area is 112 Å². The third-order valence-corrected chi connectivity index (χ3v) is 4.61. The van der Waals surface area contributed by atoms with Crippen LogP contribution in [0.4, 0.5) is 5.69 Å². The lowest BCUT2D eigenvalue weighted by Gasteiger charge is -2.26. The van der Waals surface area contributed by atoms with Gasteiger partial charge < -0.3 is 10.6 Å². The number of hydrogen-bond donors (Lipinski definition) is 3. The topological polar surface area (TPSA) is 87.3 Å². The van der Waals surface area contributed by atoms with Crippen LogP contribution in [-0.2, 0) is 14.8 Å². The Kier molecular flexibility index (Phi) is 3.88. The van der Waals surface area contributed by atoms with Crippen molar-refractivity contribution >= 4 is 21.6 Å². The maximum absolute atomic E-state index is 11.9. The molecule has 0 bridgehead atoms. The minimum atomic E-state index is -3.50. The first kappa shape index (κ1) is 14.0. The zero-order chi connectivity index (χ0) is 14.0. The van der Waals surface area contributed by atoms with E-state index in [2.05, 4.69) is 15.4 Å². The van der Waals surface area contributed by atoms with Gasteiger partial charge in [-0.2, -0.15) is 0 Å². The number of nitrogens with one attached hydrogen (secondary N) is 3. The van der Waals surface area contributed by atoms with Crippen molar-refractivity contribution in [3.05, 3.63) is 23.8 Å². The van der Waals surface area contributed by atoms with Crippen molar-refractivity contribution in [2.75, 3.05) is 25.5 Å². The molecule has 1 aliphatic heterocycles. The molecule has 1 aliphatic rings. The summed E-state index contributed by atoms with van der Waals surface area (Å²) in [4.78, 5) is 12.0. The van der Waals surface area contributed by atoms with Crippen molar-refractivity contribution in [2.45, 2.75) is 11.8 Å². The van der Waals surface area contributed by atoms with Crippen LogP contribution in [0.5, 0.6) is 0 Å². The molecule has 2 rings (SSSR count). The zero-order valence-electron chi connectivity index (χ0n) is 10.9. The van der Waals surface area contributed by atoms with E-state index in [1.165, 1.54) is 19.2 Å². The molecular formula is C12H17N3O3S. The minimum absolute atomic E-state index is 0.0380. The van der Waals surface area contributed by atoms with Gasteiger partial charge in [-0.3, -0.25) is 4.79 Å². The predicted molar refractivity (Wildman–Crippen MR) is 72.4 cm³/mol. The van der Waals surface area contributed by atoms with Crippen LogP contribution in [-0.4, -0.2) is 34.5 Å².